The molecule has 0 saturated heterocycles. The molecule has 1 rings (SSSR count). The van der Waals surface area contributed by atoms with Gasteiger partial charge in [0.05, 0.1) is 0 Å². The van der Waals surface area contributed by atoms with Crippen molar-refractivity contribution in [3.63, 3.8) is 0 Å². The second kappa shape index (κ2) is 4.43. The third-order valence-electron chi connectivity index (χ3n) is 3.23. The van der Waals surface area contributed by atoms with Crippen molar-refractivity contribution in [3.05, 3.63) is 0 Å². The number of hydrogen-bond donors (Lipinski definition) is 1. The Kier molecular flexibility index (Phi) is 3.74. The van der Waals surface area contributed by atoms with E-state index in [4.69, 9.17) is 0 Å². The zero-order valence-electron chi connectivity index (χ0n) is 9.56. The van der Waals surface area contributed by atoms with Crippen LogP contribution in [0.1, 0.15) is 34.1 Å². The van der Waals surface area contributed by atoms with Gasteiger partial charge in [-0.25, -0.2) is 0 Å². The van der Waals surface area contributed by atoms with Crippen molar-refractivity contribution >= 4 is 0 Å². The summed E-state index contributed by atoms with van der Waals surface area (Å²) in [4.78, 5) is 2.46. The Balaban J connectivity index is 2.01. The molecule has 0 heterocycles. The van der Waals surface area contributed by atoms with E-state index >= 15 is 0 Å². The van der Waals surface area contributed by atoms with Gasteiger partial charge in [-0.15, -0.1) is 0 Å². The SMILES string of the molecule is CCN(CC)CCNC1CC1(C)C. The van der Waals surface area contributed by atoms with Gasteiger partial charge in [0.15, 0.2) is 0 Å². The van der Waals surface area contributed by atoms with Crippen LogP contribution in [0.15, 0.2) is 0 Å². The fourth-order valence-electron chi connectivity index (χ4n) is 1.75. The summed E-state index contributed by atoms with van der Waals surface area (Å²) in [6.07, 6.45) is 1.35. The van der Waals surface area contributed by atoms with Crippen LogP contribution in [0.5, 0.6) is 0 Å². The predicted molar refractivity (Wildman–Crippen MR) is 58.0 cm³/mol. The smallest absolute Gasteiger partial charge is 0.0125 e. The van der Waals surface area contributed by atoms with Gasteiger partial charge in [-0.05, 0) is 24.9 Å². The van der Waals surface area contributed by atoms with Gasteiger partial charge in [-0.1, -0.05) is 27.7 Å². The van der Waals surface area contributed by atoms with Crippen LogP contribution < -0.4 is 5.32 Å². The highest BCUT2D eigenvalue weighted by Crippen LogP contribution is 2.44. The van der Waals surface area contributed by atoms with Crippen molar-refractivity contribution in [3.8, 4) is 0 Å². The molecule has 0 aromatic carbocycles. The summed E-state index contributed by atoms with van der Waals surface area (Å²) in [6, 6.07) is 0.781. The van der Waals surface area contributed by atoms with Crippen molar-refractivity contribution in [2.75, 3.05) is 26.2 Å². The molecule has 2 nitrogen and oxygen atoms in total. The summed E-state index contributed by atoms with van der Waals surface area (Å²) in [5, 5.41) is 3.60. The number of rotatable bonds is 6. The second-order valence-electron chi connectivity index (χ2n) is 4.73. The quantitative estimate of drug-likeness (QED) is 0.676. The molecule has 13 heavy (non-hydrogen) atoms. The molecule has 1 saturated carbocycles. The molecule has 1 atom stereocenters. The number of hydrogen-bond acceptors (Lipinski definition) is 2. The Labute approximate surface area is 82.7 Å². The lowest BCUT2D eigenvalue weighted by atomic mass is 10.2. The molecule has 1 aliphatic carbocycles. The first kappa shape index (κ1) is 11.0. The molecule has 0 aromatic rings. The number of nitrogens with zero attached hydrogens (tertiary/aromatic N) is 1. The van der Waals surface area contributed by atoms with Crippen molar-refractivity contribution in [1.29, 1.82) is 0 Å². The van der Waals surface area contributed by atoms with E-state index in [1.807, 2.05) is 0 Å². The van der Waals surface area contributed by atoms with E-state index < -0.39 is 0 Å². The van der Waals surface area contributed by atoms with E-state index in [9.17, 15) is 0 Å². The third kappa shape index (κ3) is 3.28. The minimum Gasteiger partial charge on any atom is -0.312 e. The summed E-state index contributed by atoms with van der Waals surface area (Å²) in [7, 11) is 0. The van der Waals surface area contributed by atoms with Crippen molar-refractivity contribution in [2.45, 2.75) is 40.2 Å². The number of nitrogens with one attached hydrogen (secondary N) is 1. The molecule has 1 unspecified atom stereocenters. The Morgan fingerprint density at radius 2 is 1.85 bits per heavy atom. The van der Waals surface area contributed by atoms with E-state index in [1.165, 1.54) is 26.1 Å². The van der Waals surface area contributed by atoms with Crippen LogP contribution in [0, 0.1) is 5.41 Å². The molecule has 1 aliphatic rings. The van der Waals surface area contributed by atoms with Crippen LogP contribution in [0.25, 0.3) is 0 Å². The van der Waals surface area contributed by atoms with E-state index in [2.05, 4.69) is 37.9 Å². The van der Waals surface area contributed by atoms with Crippen molar-refractivity contribution in [1.82, 2.24) is 10.2 Å². The van der Waals surface area contributed by atoms with E-state index in [0.717, 1.165) is 12.6 Å². The molecule has 1 fully saturated rings. The highest BCUT2D eigenvalue weighted by molar-refractivity contribution is 5.01. The van der Waals surface area contributed by atoms with Gasteiger partial charge in [0.25, 0.3) is 0 Å². The lowest BCUT2D eigenvalue weighted by Gasteiger charge is -2.18. The summed E-state index contributed by atoms with van der Waals surface area (Å²) in [5.74, 6) is 0. The Morgan fingerprint density at radius 1 is 1.31 bits per heavy atom. The molecular formula is C11H24N2. The summed E-state index contributed by atoms with van der Waals surface area (Å²) in [5.41, 5.74) is 0.573. The predicted octanol–water partition coefficient (Wildman–Crippen LogP) is 1.72. The minimum absolute atomic E-state index is 0.573. The van der Waals surface area contributed by atoms with Crippen LogP contribution in [-0.4, -0.2) is 37.1 Å². The minimum atomic E-state index is 0.573. The molecule has 1 N–H and O–H groups in total. The van der Waals surface area contributed by atoms with Gasteiger partial charge in [0, 0.05) is 19.1 Å². The molecular weight excluding hydrogens is 160 g/mol. The molecule has 78 valence electrons. The first-order chi connectivity index (χ1) is 6.10. The molecule has 0 radical (unpaired) electrons. The molecule has 0 bridgehead atoms. The summed E-state index contributed by atoms with van der Waals surface area (Å²) in [6.45, 7) is 13.8. The van der Waals surface area contributed by atoms with Gasteiger partial charge in [-0.2, -0.15) is 0 Å². The Morgan fingerprint density at radius 3 is 2.23 bits per heavy atom. The Bertz CT molecular complexity index is 148. The molecule has 2 heteroatoms. The normalized spacial score (nSPS) is 25.2. The van der Waals surface area contributed by atoms with Crippen molar-refractivity contribution in [2.24, 2.45) is 5.41 Å². The van der Waals surface area contributed by atoms with Crippen LogP contribution in [0.2, 0.25) is 0 Å². The zero-order chi connectivity index (χ0) is 9.90. The second-order valence-corrected chi connectivity index (χ2v) is 4.73. The zero-order valence-corrected chi connectivity index (χ0v) is 9.56. The van der Waals surface area contributed by atoms with Crippen LogP contribution in [0.4, 0.5) is 0 Å². The van der Waals surface area contributed by atoms with Crippen molar-refractivity contribution < 1.29 is 0 Å². The highest BCUT2D eigenvalue weighted by Gasteiger charge is 2.44. The molecule has 0 spiro atoms. The Hall–Kier alpha value is -0.0800. The van der Waals surface area contributed by atoms with Gasteiger partial charge in [0.2, 0.25) is 0 Å². The summed E-state index contributed by atoms with van der Waals surface area (Å²) >= 11 is 0. The number of likely N-dealkylation sites (N-methyl/N-ethyl adjacent to an activating group) is 1. The summed E-state index contributed by atoms with van der Waals surface area (Å²) < 4.78 is 0. The van der Waals surface area contributed by atoms with Gasteiger partial charge in [0.1, 0.15) is 0 Å². The van der Waals surface area contributed by atoms with Crippen LogP contribution >= 0.6 is 0 Å². The molecule has 0 aromatic heterocycles. The van der Waals surface area contributed by atoms with Gasteiger partial charge in [-0.3, -0.25) is 0 Å². The maximum absolute atomic E-state index is 3.60. The maximum atomic E-state index is 3.60. The molecule has 0 amide bonds. The van der Waals surface area contributed by atoms with Crippen LogP contribution in [0.3, 0.4) is 0 Å². The van der Waals surface area contributed by atoms with E-state index in [1.54, 1.807) is 0 Å². The average molecular weight is 184 g/mol. The maximum Gasteiger partial charge on any atom is 0.0125 e. The highest BCUT2D eigenvalue weighted by atomic mass is 15.1. The largest absolute Gasteiger partial charge is 0.312 e. The lowest BCUT2D eigenvalue weighted by molar-refractivity contribution is 0.300. The third-order valence-corrected chi connectivity index (χ3v) is 3.23. The van der Waals surface area contributed by atoms with E-state index in [-0.39, 0.29) is 0 Å². The monoisotopic (exact) mass is 184 g/mol. The first-order valence-electron chi connectivity index (χ1n) is 5.56. The lowest BCUT2D eigenvalue weighted by Crippen LogP contribution is -2.33. The first-order valence-corrected chi connectivity index (χ1v) is 5.56. The molecule has 0 aliphatic heterocycles. The topological polar surface area (TPSA) is 15.3 Å². The van der Waals surface area contributed by atoms with Crippen LogP contribution in [-0.2, 0) is 0 Å². The fraction of sp³-hybridized carbons (Fsp3) is 1.00. The van der Waals surface area contributed by atoms with Gasteiger partial charge >= 0.3 is 0 Å². The standard InChI is InChI=1S/C11H24N2/c1-5-13(6-2)8-7-12-10-9-11(10,3)4/h10,12H,5-9H2,1-4H3. The average Bonchev–Trinajstić information content (AvgIpc) is 2.68. The van der Waals surface area contributed by atoms with Gasteiger partial charge < -0.3 is 10.2 Å². The fourth-order valence-corrected chi connectivity index (χ4v) is 1.75. The van der Waals surface area contributed by atoms with E-state index in [0.29, 0.717) is 5.41 Å².